The van der Waals surface area contributed by atoms with Crippen LogP contribution in [0.1, 0.15) is 19.4 Å². The van der Waals surface area contributed by atoms with Crippen LogP contribution in [0.2, 0.25) is 6.04 Å². The largest absolute Gasteiger partial charge is 0.397 e. The standard InChI is InChI=1S/C15H24O3Si/c1-3-17-19(18-4-2)14-13-16-12-8-11-15-9-6-5-7-10-15/h5-11,19H,3-4,12-14H2,1-2H3/b11-8+. The van der Waals surface area contributed by atoms with Gasteiger partial charge in [-0.15, -0.1) is 0 Å². The van der Waals surface area contributed by atoms with Crippen molar-refractivity contribution in [1.29, 1.82) is 0 Å². The fraction of sp³-hybridized carbons (Fsp3) is 0.467. The maximum absolute atomic E-state index is 5.58. The van der Waals surface area contributed by atoms with E-state index < -0.39 is 9.28 Å². The molecule has 0 aliphatic heterocycles. The predicted molar refractivity (Wildman–Crippen MR) is 81.5 cm³/mol. The molecule has 0 fully saturated rings. The van der Waals surface area contributed by atoms with E-state index in [1.54, 1.807) is 0 Å². The minimum absolute atomic E-state index is 0.633. The first kappa shape index (κ1) is 16.1. The van der Waals surface area contributed by atoms with Gasteiger partial charge in [0, 0.05) is 25.9 Å². The van der Waals surface area contributed by atoms with Crippen molar-refractivity contribution in [2.24, 2.45) is 0 Å². The summed E-state index contributed by atoms with van der Waals surface area (Å²) in [7, 11) is -1.49. The zero-order valence-electron chi connectivity index (χ0n) is 11.9. The normalized spacial score (nSPS) is 11.5. The summed E-state index contributed by atoms with van der Waals surface area (Å²) in [6.45, 7) is 6.80. The van der Waals surface area contributed by atoms with E-state index in [-0.39, 0.29) is 0 Å². The summed E-state index contributed by atoms with van der Waals surface area (Å²) in [5, 5.41) is 0. The van der Waals surface area contributed by atoms with Crippen molar-refractivity contribution >= 4 is 15.4 Å². The molecule has 0 N–H and O–H groups in total. The maximum Gasteiger partial charge on any atom is 0.323 e. The topological polar surface area (TPSA) is 27.7 Å². The molecule has 0 unspecified atom stereocenters. The third kappa shape index (κ3) is 7.95. The summed E-state index contributed by atoms with van der Waals surface area (Å²) in [5.74, 6) is 0. The van der Waals surface area contributed by atoms with Crippen molar-refractivity contribution in [2.45, 2.75) is 19.9 Å². The molecule has 0 bridgehead atoms. The van der Waals surface area contributed by atoms with Gasteiger partial charge in [0.05, 0.1) is 6.61 Å². The zero-order valence-corrected chi connectivity index (χ0v) is 13.0. The third-order valence-corrected chi connectivity index (χ3v) is 4.64. The lowest BCUT2D eigenvalue weighted by Gasteiger charge is -2.14. The average molecular weight is 280 g/mol. The molecule has 0 spiro atoms. The molecule has 1 aromatic carbocycles. The highest BCUT2D eigenvalue weighted by atomic mass is 28.3. The molecule has 0 atom stereocenters. The van der Waals surface area contributed by atoms with Crippen LogP contribution in [0.15, 0.2) is 36.4 Å². The molecular formula is C15H24O3Si. The average Bonchev–Trinajstić information content (AvgIpc) is 2.44. The Hall–Kier alpha value is -0.943. The van der Waals surface area contributed by atoms with Gasteiger partial charge in [-0.05, 0) is 19.4 Å². The quantitative estimate of drug-likeness (QED) is 0.487. The first-order valence-corrected chi connectivity index (χ1v) is 8.65. The van der Waals surface area contributed by atoms with Crippen molar-refractivity contribution in [2.75, 3.05) is 26.4 Å². The van der Waals surface area contributed by atoms with Crippen LogP contribution in [-0.2, 0) is 13.6 Å². The van der Waals surface area contributed by atoms with E-state index in [2.05, 4.69) is 18.2 Å². The van der Waals surface area contributed by atoms with Gasteiger partial charge in [-0.25, -0.2) is 0 Å². The monoisotopic (exact) mass is 280 g/mol. The first-order chi connectivity index (χ1) is 9.36. The van der Waals surface area contributed by atoms with Gasteiger partial charge in [-0.2, -0.15) is 0 Å². The number of hydrogen-bond acceptors (Lipinski definition) is 3. The molecule has 1 rings (SSSR count). The third-order valence-electron chi connectivity index (χ3n) is 2.53. The Bertz CT molecular complexity index is 335. The van der Waals surface area contributed by atoms with Crippen LogP contribution in [0.4, 0.5) is 0 Å². The molecule has 0 aliphatic rings. The van der Waals surface area contributed by atoms with Crippen molar-refractivity contribution in [3.05, 3.63) is 42.0 Å². The minimum atomic E-state index is -1.49. The lowest BCUT2D eigenvalue weighted by Crippen LogP contribution is -2.24. The van der Waals surface area contributed by atoms with Crippen molar-refractivity contribution in [1.82, 2.24) is 0 Å². The van der Waals surface area contributed by atoms with Gasteiger partial charge in [0.1, 0.15) is 0 Å². The molecule has 19 heavy (non-hydrogen) atoms. The van der Waals surface area contributed by atoms with Crippen LogP contribution in [0.25, 0.3) is 6.08 Å². The number of ether oxygens (including phenoxy) is 1. The Morgan fingerprint density at radius 3 is 2.37 bits per heavy atom. The molecule has 0 saturated heterocycles. The van der Waals surface area contributed by atoms with Crippen LogP contribution >= 0.6 is 0 Å². The number of rotatable bonds is 10. The molecule has 0 amide bonds. The Labute approximate surface area is 118 Å². The first-order valence-electron chi connectivity index (χ1n) is 6.89. The highest BCUT2D eigenvalue weighted by Crippen LogP contribution is 2.01. The Morgan fingerprint density at radius 1 is 1.05 bits per heavy atom. The summed E-state index contributed by atoms with van der Waals surface area (Å²) in [5.41, 5.74) is 1.20. The molecule has 0 heterocycles. The molecule has 0 radical (unpaired) electrons. The van der Waals surface area contributed by atoms with Gasteiger partial charge in [-0.3, -0.25) is 0 Å². The zero-order chi connectivity index (χ0) is 13.8. The Balaban J connectivity index is 2.11. The summed E-state index contributed by atoms with van der Waals surface area (Å²) < 4.78 is 16.7. The van der Waals surface area contributed by atoms with Crippen molar-refractivity contribution < 1.29 is 13.6 Å². The van der Waals surface area contributed by atoms with Crippen LogP contribution in [0.3, 0.4) is 0 Å². The van der Waals surface area contributed by atoms with Gasteiger partial charge in [0.15, 0.2) is 0 Å². The molecule has 0 aliphatic carbocycles. The summed E-state index contributed by atoms with van der Waals surface area (Å²) >= 11 is 0. The molecule has 0 saturated carbocycles. The molecule has 1 aromatic rings. The lowest BCUT2D eigenvalue weighted by molar-refractivity contribution is 0.157. The second kappa shape index (κ2) is 10.9. The summed E-state index contributed by atoms with van der Waals surface area (Å²) in [6.07, 6.45) is 4.10. The summed E-state index contributed by atoms with van der Waals surface area (Å²) in [6, 6.07) is 11.1. The van der Waals surface area contributed by atoms with E-state index >= 15 is 0 Å². The smallest absolute Gasteiger partial charge is 0.323 e. The molecular weight excluding hydrogens is 256 g/mol. The molecule has 4 heteroatoms. The van der Waals surface area contributed by atoms with Gasteiger partial charge in [-0.1, -0.05) is 42.5 Å². The lowest BCUT2D eigenvalue weighted by atomic mass is 10.2. The SMILES string of the molecule is CCO[SiH](CCOC/C=C/c1ccccc1)OCC. The van der Waals surface area contributed by atoms with Crippen LogP contribution in [-0.4, -0.2) is 35.7 Å². The maximum atomic E-state index is 5.58. The van der Waals surface area contributed by atoms with Crippen LogP contribution < -0.4 is 0 Å². The van der Waals surface area contributed by atoms with Gasteiger partial charge < -0.3 is 13.6 Å². The Kier molecular flexibility index (Phi) is 9.27. The number of hydrogen-bond donors (Lipinski definition) is 0. The van der Waals surface area contributed by atoms with Gasteiger partial charge in [0.25, 0.3) is 0 Å². The minimum Gasteiger partial charge on any atom is -0.397 e. The van der Waals surface area contributed by atoms with E-state index in [9.17, 15) is 0 Å². The van der Waals surface area contributed by atoms with Gasteiger partial charge in [0.2, 0.25) is 0 Å². The predicted octanol–water partition coefficient (Wildman–Crippen LogP) is 3.01. The molecule has 3 nitrogen and oxygen atoms in total. The van der Waals surface area contributed by atoms with Crippen LogP contribution in [0, 0.1) is 0 Å². The highest BCUT2D eigenvalue weighted by molar-refractivity contribution is 6.44. The van der Waals surface area contributed by atoms with E-state index in [1.807, 2.05) is 38.1 Å². The second-order valence-electron chi connectivity index (χ2n) is 4.02. The van der Waals surface area contributed by atoms with Gasteiger partial charge >= 0.3 is 9.28 Å². The van der Waals surface area contributed by atoms with Crippen LogP contribution in [0.5, 0.6) is 0 Å². The highest BCUT2D eigenvalue weighted by Gasteiger charge is 2.10. The number of benzene rings is 1. The van der Waals surface area contributed by atoms with E-state index in [0.29, 0.717) is 13.2 Å². The fourth-order valence-corrected chi connectivity index (χ4v) is 3.20. The van der Waals surface area contributed by atoms with E-state index in [0.717, 1.165) is 19.3 Å². The second-order valence-corrected chi connectivity index (χ2v) is 6.12. The molecule has 106 valence electrons. The fourth-order valence-electron chi connectivity index (χ4n) is 1.67. The van der Waals surface area contributed by atoms with E-state index in [1.165, 1.54) is 5.56 Å². The van der Waals surface area contributed by atoms with Crippen molar-refractivity contribution in [3.63, 3.8) is 0 Å². The molecule has 0 aromatic heterocycles. The van der Waals surface area contributed by atoms with Crippen molar-refractivity contribution in [3.8, 4) is 0 Å². The summed E-state index contributed by atoms with van der Waals surface area (Å²) in [4.78, 5) is 0. The Morgan fingerprint density at radius 2 is 1.74 bits per heavy atom. The van der Waals surface area contributed by atoms with E-state index in [4.69, 9.17) is 13.6 Å².